The molecule has 1 saturated heterocycles. The second kappa shape index (κ2) is 3.63. The normalized spacial score (nSPS) is 32.7. The molecule has 2 N–H and O–H groups in total. The van der Waals surface area contributed by atoms with E-state index in [2.05, 4.69) is 0 Å². The predicted molar refractivity (Wildman–Crippen MR) is 45.0 cm³/mol. The fourth-order valence-corrected chi connectivity index (χ4v) is 3.31. The first kappa shape index (κ1) is 10.5. The largest absolute Gasteiger partial charge is 0.481 e. The molecule has 0 radical (unpaired) electrons. The molecule has 0 aromatic rings. The average molecular weight is 208 g/mol. The monoisotopic (exact) mass is 208 g/mol. The van der Waals surface area contributed by atoms with Crippen LogP contribution in [0.2, 0.25) is 0 Å². The molecule has 0 aromatic heterocycles. The number of rotatable bonds is 2. The molecule has 1 aliphatic heterocycles. The van der Waals surface area contributed by atoms with Gasteiger partial charge in [0.05, 0.1) is 17.4 Å². The summed E-state index contributed by atoms with van der Waals surface area (Å²) in [6.45, 7) is -0.257. The zero-order chi connectivity index (χ0) is 10.1. The van der Waals surface area contributed by atoms with Crippen LogP contribution in [0.5, 0.6) is 0 Å². The lowest BCUT2D eigenvalue weighted by Gasteiger charge is -2.26. The van der Waals surface area contributed by atoms with E-state index < -0.39 is 27.6 Å². The molecule has 1 aliphatic rings. The first-order chi connectivity index (χ1) is 5.96. The summed E-state index contributed by atoms with van der Waals surface area (Å²) >= 11 is 0. The Morgan fingerprint density at radius 2 is 2.08 bits per heavy atom. The highest BCUT2D eigenvalue weighted by molar-refractivity contribution is 7.91. The molecule has 0 aliphatic carbocycles. The van der Waals surface area contributed by atoms with Gasteiger partial charge < -0.3 is 10.2 Å². The Kier molecular flexibility index (Phi) is 2.92. The summed E-state index contributed by atoms with van der Waals surface area (Å²) in [5.41, 5.74) is 0. The van der Waals surface area contributed by atoms with Crippen LogP contribution in [0.15, 0.2) is 0 Å². The van der Waals surface area contributed by atoms with Crippen LogP contribution in [0.1, 0.15) is 6.42 Å². The van der Waals surface area contributed by atoms with Crippen molar-refractivity contribution in [3.05, 3.63) is 0 Å². The van der Waals surface area contributed by atoms with Gasteiger partial charge in [-0.3, -0.25) is 4.79 Å². The smallest absolute Gasteiger partial charge is 0.307 e. The number of carbonyl (C=O) groups is 1. The van der Waals surface area contributed by atoms with Crippen molar-refractivity contribution in [2.24, 2.45) is 11.8 Å². The number of hydrogen-bond acceptors (Lipinski definition) is 4. The highest BCUT2D eigenvalue weighted by Crippen LogP contribution is 2.24. The molecule has 0 amide bonds. The molecule has 2 atom stereocenters. The number of carboxylic acids is 1. The minimum Gasteiger partial charge on any atom is -0.481 e. The molecule has 0 bridgehead atoms. The zero-order valence-corrected chi connectivity index (χ0v) is 7.83. The van der Waals surface area contributed by atoms with Gasteiger partial charge in [0, 0.05) is 6.61 Å². The van der Waals surface area contributed by atoms with Crippen LogP contribution in [0.4, 0.5) is 0 Å². The summed E-state index contributed by atoms with van der Waals surface area (Å²) in [6.07, 6.45) is 0.246. The van der Waals surface area contributed by atoms with Crippen molar-refractivity contribution >= 4 is 15.8 Å². The molecule has 6 heteroatoms. The Labute approximate surface area is 76.3 Å². The minimum absolute atomic E-state index is 0.0119. The third-order valence-electron chi connectivity index (χ3n) is 2.35. The molecule has 0 aromatic carbocycles. The maximum absolute atomic E-state index is 11.1. The van der Waals surface area contributed by atoms with Gasteiger partial charge in [-0.05, 0) is 12.3 Å². The van der Waals surface area contributed by atoms with Crippen LogP contribution in [0.3, 0.4) is 0 Å². The Hall–Kier alpha value is -0.620. The van der Waals surface area contributed by atoms with Crippen LogP contribution in [0, 0.1) is 11.8 Å². The minimum atomic E-state index is -3.21. The molecule has 76 valence electrons. The van der Waals surface area contributed by atoms with Crippen LogP contribution in [-0.4, -0.2) is 42.7 Å². The average Bonchev–Trinajstić information content (AvgIpc) is 2.03. The predicted octanol–water partition coefficient (Wildman–Crippen LogP) is -0.886. The molecular weight excluding hydrogens is 196 g/mol. The van der Waals surface area contributed by atoms with Gasteiger partial charge in [0.15, 0.2) is 9.84 Å². The SMILES string of the molecule is O=C(O)[C@@H]1CS(=O)(=O)CC[C@@H]1CO. The highest BCUT2D eigenvalue weighted by Gasteiger charge is 2.37. The van der Waals surface area contributed by atoms with Crippen molar-refractivity contribution in [3.63, 3.8) is 0 Å². The topological polar surface area (TPSA) is 91.7 Å². The van der Waals surface area contributed by atoms with Crippen molar-refractivity contribution in [3.8, 4) is 0 Å². The van der Waals surface area contributed by atoms with Crippen LogP contribution >= 0.6 is 0 Å². The van der Waals surface area contributed by atoms with Gasteiger partial charge >= 0.3 is 5.97 Å². The molecule has 13 heavy (non-hydrogen) atoms. The van der Waals surface area contributed by atoms with E-state index >= 15 is 0 Å². The lowest BCUT2D eigenvalue weighted by Crippen LogP contribution is -2.39. The van der Waals surface area contributed by atoms with E-state index in [-0.39, 0.29) is 24.5 Å². The second-order valence-electron chi connectivity index (χ2n) is 3.29. The molecule has 1 fully saturated rings. The quantitative estimate of drug-likeness (QED) is 0.614. The van der Waals surface area contributed by atoms with Crippen molar-refractivity contribution < 1.29 is 23.4 Å². The number of aliphatic hydroxyl groups excluding tert-OH is 1. The highest BCUT2D eigenvalue weighted by atomic mass is 32.2. The first-order valence-electron chi connectivity index (χ1n) is 4.00. The number of carboxylic acid groups (broad SMARTS) is 1. The molecule has 0 spiro atoms. The van der Waals surface area contributed by atoms with Crippen molar-refractivity contribution in [2.75, 3.05) is 18.1 Å². The standard InChI is InChI=1S/C7H12O5S/c8-3-5-1-2-13(11,12)4-6(5)7(9)10/h5-6,8H,1-4H2,(H,9,10)/t5-,6-/m1/s1. The van der Waals surface area contributed by atoms with Gasteiger partial charge in [-0.2, -0.15) is 0 Å². The van der Waals surface area contributed by atoms with Gasteiger partial charge in [0.25, 0.3) is 0 Å². The number of aliphatic carboxylic acids is 1. The maximum Gasteiger partial charge on any atom is 0.307 e. The van der Waals surface area contributed by atoms with E-state index in [1.807, 2.05) is 0 Å². The summed E-state index contributed by atoms with van der Waals surface area (Å²) < 4.78 is 22.2. The Bertz CT molecular complexity index is 294. The third kappa shape index (κ3) is 2.41. The Morgan fingerprint density at radius 3 is 2.54 bits per heavy atom. The van der Waals surface area contributed by atoms with E-state index in [9.17, 15) is 13.2 Å². The number of aliphatic hydroxyl groups is 1. The molecule has 0 saturated carbocycles. The van der Waals surface area contributed by atoms with Crippen molar-refractivity contribution in [2.45, 2.75) is 6.42 Å². The van der Waals surface area contributed by atoms with Gasteiger partial charge in [-0.1, -0.05) is 0 Å². The molecule has 0 unspecified atom stereocenters. The lowest BCUT2D eigenvalue weighted by molar-refractivity contribution is -0.143. The molecule has 1 rings (SSSR count). The third-order valence-corrected chi connectivity index (χ3v) is 4.08. The van der Waals surface area contributed by atoms with Gasteiger partial charge in [-0.15, -0.1) is 0 Å². The summed E-state index contributed by atoms with van der Waals surface area (Å²) in [5, 5.41) is 17.5. The van der Waals surface area contributed by atoms with Crippen LogP contribution in [-0.2, 0) is 14.6 Å². The Balaban J connectivity index is 2.80. The fourth-order valence-electron chi connectivity index (χ4n) is 1.52. The van der Waals surface area contributed by atoms with E-state index in [1.54, 1.807) is 0 Å². The van der Waals surface area contributed by atoms with Crippen molar-refractivity contribution in [1.29, 1.82) is 0 Å². The van der Waals surface area contributed by atoms with E-state index in [4.69, 9.17) is 10.2 Å². The molecular formula is C7H12O5S. The first-order valence-corrected chi connectivity index (χ1v) is 5.82. The maximum atomic E-state index is 11.1. The van der Waals surface area contributed by atoms with Crippen molar-refractivity contribution in [1.82, 2.24) is 0 Å². The number of sulfone groups is 1. The Morgan fingerprint density at radius 1 is 1.46 bits per heavy atom. The lowest BCUT2D eigenvalue weighted by atomic mass is 9.92. The van der Waals surface area contributed by atoms with Crippen LogP contribution in [0.25, 0.3) is 0 Å². The van der Waals surface area contributed by atoms with E-state index in [0.29, 0.717) is 0 Å². The summed E-state index contributed by atoms with van der Waals surface area (Å²) in [6, 6.07) is 0. The molecule has 5 nitrogen and oxygen atoms in total. The summed E-state index contributed by atoms with van der Waals surface area (Å²) in [7, 11) is -3.21. The van der Waals surface area contributed by atoms with E-state index in [1.165, 1.54) is 0 Å². The van der Waals surface area contributed by atoms with Gasteiger partial charge in [0.1, 0.15) is 0 Å². The number of hydrogen-bond donors (Lipinski definition) is 2. The zero-order valence-electron chi connectivity index (χ0n) is 7.01. The summed E-state index contributed by atoms with van der Waals surface area (Å²) in [5.74, 6) is -2.85. The van der Waals surface area contributed by atoms with Crippen LogP contribution < -0.4 is 0 Å². The van der Waals surface area contributed by atoms with Gasteiger partial charge in [-0.25, -0.2) is 8.42 Å². The second-order valence-corrected chi connectivity index (χ2v) is 5.52. The summed E-state index contributed by atoms with van der Waals surface area (Å²) in [4.78, 5) is 10.6. The molecule has 1 heterocycles. The fraction of sp³-hybridized carbons (Fsp3) is 0.857. The van der Waals surface area contributed by atoms with Gasteiger partial charge in [0.2, 0.25) is 0 Å². The van der Waals surface area contributed by atoms with E-state index in [0.717, 1.165) is 0 Å².